The number of nitrogens with one attached hydrogen (secondary N) is 2. The molecule has 0 saturated carbocycles. The number of rotatable bonds is 16. The topological polar surface area (TPSA) is 218 Å². The van der Waals surface area contributed by atoms with E-state index in [9.17, 15) is 39.0 Å². The maximum absolute atomic E-state index is 12.8. The molecule has 0 aliphatic heterocycles. The SMILES string of the molecule is Cc1c(CC(=O)c2ccc(C=O)cn2)cccc1-c1cccc(NC(=O)c2ccc(C=O)cn2)c1C.Cc1c(CC(=O)c2ccc(CO)cn2)cccc1-c1cccc(NC(=O)c2ccc(CO)cn2)c1C. The molecule has 0 aliphatic rings. The zero-order chi connectivity index (χ0) is 51.3. The maximum atomic E-state index is 12.8. The molecule has 4 aromatic carbocycles. The summed E-state index contributed by atoms with van der Waals surface area (Å²) in [5.74, 6) is -0.955. The molecule has 8 aromatic rings. The summed E-state index contributed by atoms with van der Waals surface area (Å²) >= 11 is 0. The third-order valence-corrected chi connectivity index (χ3v) is 12.2. The molecule has 14 nitrogen and oxygen atoms in total. The largest absolute Gasteiger partial charge is 0.392 e. The summed E-state index contributed by atoms with van der Waals surface area (Å²) in [6.45, 7) is 7.56. The summed E-state index contributed by atoms with van der Waals surface area (Å²) in [6.07, 6.45) is 7.47. The maximum Gasteiger partial charge on any atom is 0.274 e. The molecule has 0 bridgehead atoms. The lowest BCUT2D eigenvalue weighted by Gasteiger charge is -2.16. The van der Waals surface area contributed by atoms with Gasteiger partial charge in [-0.25, -0.2) is 0 Å². The fraction of sp³-hybridized carbons (Fsp3) is 0.138. The van der Waals surface area contributed by atoms with Gasteiger partial charge in [-0.3, -0.25) is 48.7 Å². The number of hydrogen-bond acceptors (Lipinski definition) is 12. The number of Topliss-reactive ketones (excluding diaryl/α,β-unsaturated/α-hetero) is 2. The quantitative estimate of drug-likeness (QED) is 0.0526. The number of aromatic nitrogens is 4. The van der Waals surface area contributed by atoms with Gasteiger partial charge >= 0.3 is 0 Å². The molecule has 0 fully saturated rings. The van der Waals surface area contributed by atoms with Crippen molar-refractivity contribution >= 4 is 47.3 Å². The van der Waals surface area contributed by atoms with Gasteiger partial charge < -0.3 is 20.8 Å². The van der Waals surface area contributed by atoms with E-state index < -0.39 is 0 Å². The summed E-state index contributed by atoms with van der Waals surface area (Å²) in [7, 11) is 0. The number of benzene rings is 4. The lowest BCUT2D eigenvalue weighted by molar-refractivity contribution is 0.0980. The predicted molar refractivity (Wildman–Crippen MR) is 274 cm³/mol. The average Bonchev–Trinajstić information content (AvgIpc) is 3.41. The highest BCUT2D eigenvalue weighted by Gasteiger charge is 2.19. The first-order valence-corrected chi connectivity index (χ1v) is 22.8. The van der Waals surface area contributed by atoms with Gasteiger partial charge in [0, 0.05) is 60.1 Å². The zero-order valence-electron chi connectivity index (χ0n) is 40.0. The van der Waals surface area contributed by atoms with E-state index in [-0.39, 0.29) is 60.8 Å². The summed E-state index contributed by atoms with van der Waals surface area (Å²) in [4.78, 5) is 89.2. The number of carbonyl (C=O) groups is 6. The second-order valence-electron chi connectivity index (χ2n) is 16.9. The molecule has 360 valence electrons. The molecule has 72 heavy (non-hydrogen) atoms. The standard InChI is InChI=1S/C29H27N3O4.C29H23N3O4/c2*1-18-22(13-28(35)26-11-9-20(16-33)14-30-26)5-3-6-23(18)24-7-4-8-25(19(24)2)32-29(36)27-12-10-21(17-34)15-31-27/h3-12,14-15,33-34H,13,16-17H2,1-2H3,(H,32,36);3-12,14-17H,13H2,1-2H3,(H,32,36). The average molecular weight is 959 g/mol. The Kier molecular flexibility index (Phi) is 16.6. The number of pyridine rings is 4. The van der Waals surface area contributed by atoms with Crippen LogP contribution in [0.15, 0.2) is 146 Å². The van der Waals surface area contributed by atoms with Crippen LogP contribution in [0.2, 0.25) is 0 Å². The molecule has 0 aliphatic carbocycles. The summed E-state index contributed by atoms with van der Waals surface area (Å²) in [5, 5.41) is 24.2. The van der Waals surface area contributed by atoms with E-state index in [1.165, 1.54) is 30.9 Å². The van der Waals surface area contributed by atoms with E-state index in [4.69, 9.17) is 0 Å². The van der Waals surface area contributed by atoms with Gasteiger partial charge in [0.25, 0.3) is 11.8 Å². The molecule has 0 radical (unpaired) electrons. The molecule has 4 heterocycles. The number of amides is 2. The first-order valence-electron chi connectivity index (χ1n) is 22.8. The number of anilines is 2. The van der Waals surface area contributed by atoms with E-state index >= 15 is 0 Å². The van der Waals surface area contributed by atoms with Gasteiger partial charge in [0.05, 0.1) is 13.2 Å². The van der Waals surface area contributed by atoms with Crippen LogP contribution in [0.5, 0.6) is 0 Å². The number of ketones is 2. The van der Waals surface area contributed by atoms with E-state index in [0.29, 0.717) is 57.6 Å². The van der Waals surface area contributed by atoms with Crippen molar-refractivity contribution in [2.24, 2.45) is 0 Å². The van der Waals surface area contributed by atoms with Gasteiger partial charge in [-0.15, -0.1) is 0 Å². The highest BCUT2D eigenvalue weighted by Crippen LogP contribution is 2.34. The van der Waals surface area contributed by atoms with Crippen LogP contribution < -0.4 is 10.6 Å². The molecule has 2 amide bonds. The molecular weight excluding hydrogens is 909 g/mol. The minimum absolute atomic E-state index is 0.0998. The van der Waals surface area contributed by atoms with Crippen molar-refractivity contribution in [1.29, 1.82) is 0 Å². The predicted octanol–water partition coefficient (Wildman–Crippen LogP) is 9.49. The second-order valence-corrected chi connectivity index (χ2v) is 16.9. The minimum atomic E-state index is -0.378. The van der Waals surface area contributed by atoms with Crippen LogP contribution in [-0.2, 0) is 26.1 Å². The Morgan fingerprint density at radius 3 is 1.12 bits per heavy atom. The van der Waals surface area contributed by atoms with Crippen LogP contribution in [-0.4, -0.2) is 66.1 Å². The Bertz CT molecular complexity index is 3080. The zero-order valence-corrected chi connectivity index (χ0v) is 40.0. The van der Waals surface area contributed by atoms with Gasteiger partial charge in [-0.05, 0) is 143 Å². The number of aliphatic hydroxyl groups excluding tert-OH is 2. The van der Waals surface area contributed by atoms with Gasteiger partial charge in [-0.2, -0.15) is 0 Å². The van der Waals surface area contributed by atoms with Gasteiger partial charge in [0.2, 0.25) is 0 Å². The summed E-state index contributed by atoms with van der Waals surface area (Å²) < 4.78 is 0. The van der Waals surface area contributed by atoms with Crippen LogP contribution in [0.1, 0.15) is 107 Å². The smallest absolute Gasteiger partial charge is 0.274 e. The number of aliphatic hydroxyl groups is 2. The molecule has 0 saturated heterocycles. The fourth-order valence-corrected chi connectivity index (χ4v) is 7.94. The fourth-order valence-electron chi connectivity index (χ4n) is 7.94. The third-order valence-electron chi connectivity index (χ3n) is 12.2. The van der Waals surface area contributed by atoms with Gasteiger partial charge in [0.15, 0.2) is 24.1 Å². The van der Waals surface area contributed by atoms with Crippen molar-refractivity contribution in [3.8, 4) is 22.3 Å². The lowest BCUT2D eigenvalue weighted by atomic mass is 9.91. The Labute approximate surface area is 415 Å². The van der Waals surface area contributed by atoms with Crippen molar-refractivity contribution < 1.29 is 39.0 Å². The normalized spacial score (nSPS) is 10.6. The second kappa shape index (κ2) is 23.6. The van der Waals surface area contributed by atoms with Gasteiger partial charge in [-0.1, -0.05) is 72.8 Å². The van der Waals surface area contributed by atoms with E-state index in [1.807, 2.05) is 100 Å². The lowest BCUT2D eigenvalue weighted by Crippen LogP contribution is -2.14. The summed E-state index contributed by atoms with van der Waals surface area (Å²) in [5.41, 5.74) is 13.8. The van der Waals surface area contributed by atoms with Crippen molar-refractivity contribution in [1.82, 2.24) is 19.9 Å². The minimum Gasteiger partial charge on any atom is -0.392 e. The molecule has 8 rings (SSSR count). The Balaban J connectivity index is 0.000000211. The number of carbonyl (C=O) groups excluding carboxylic acids is 6. The van der Waals surface area contributed by atoms with E-state index in [2.05, 4.69) is 30.6 Å². The first kappa shape index (κ1) is 50.9. The Morgan fingerprint density at radius 1 is 0.431 bits per heavy atom. The van der Waals surface area contributed by atoms with Gasteiger partial charge in [0.1, 0.15) is 22.8 Å². The Hall–Kier alpha value is -8.98. The monoisotopic (exact) mass is 958 g/mol. The molecule has 0 atom stereocenters. The molecule has 0 unspecified atom stereocenters. The molecule has 4 N–H and O–H groups in total. The molecular formula is C58H50N6O8. The summed E-state index contributed by atoms with van der Waals surface area (Å²) in [6, 6.07) is 35.7. The van der Waals surface area contributed by atoms with Crippen molar-refractivity contribution in [2.45, 2.75) is 53.8 Å². The van der Waals surface area contributed by atoms with Crippen LogP contribution in [0.3, 0.4) is 0 Å². The third kappa shape index (κ3) is 12.1. The number of aldehydes is 2. The van der Waals surface area contributed by atoms with Crippen molar-refractivity contribution in [3.63, 3.8) is 0 Å². The number of hydrogen-bond donors (Lipinski definition) is 4. The molecule has 14 heteroatoms. The highest BCUT2D eigenvalue weighted by molar-refractivity contribution is 6.05. The molecule has 4 aromatic heterocycles. The van der Waals surface area contributed by atoms with Crippen molar-refractivity contribution in [3.05, 3.63) is 225 Å². The molecule has 0 spiro atoms. The first-order chi connectivity index (χ1) is 34.8. The Morgan fingerprint density at radius 2 is 0.778 bits per heavy atom. The van der Waals surface area contributed by atoms with Crippen molar-refractivity contribution in [2.75, 3.05) is 10.6 Å². The van der Waals surface area contributed by atoms with Crippen LogP contribution >= 0.6 is 0 Å². The highest BCUT2D eigenvalue weighted by atomic mass is 16.3. The van der Waals surface area contributed by atoms with Crippen LogP contribution in [0.4, 0.5) is 11.4 Å². The van der Waals surface area contributed by atoms with E-state index in [0.717, 1.165) is 55.6 Å². The van der Waals surface area contributed by atoms with Crippen LogP contribution in [0.25, 0.3) is 22.3 Å². The van der Waals surface area contributed by atoms with Crippen LogP contribution in [0, 0.1) is 27.7 Å². The van der Waals surface area contributed by atoms with E-state index in [1.54, 1.807) is 42.5 Å². The number of nitrogens with zero attached hydrogens (tertiary/aromatic N) is 4.